The number of rotatable bonds is 7. The molecule has 1 amide bonds. The predicted molar refractivity (Wildman–Crippen MR) is 57.4 cm³/mol. The molecular weight excluding hydrogens is 194 g/mol. The molecule has 0 fully saturated rings. The van der Waals surface area contributed by atoms with Crippen molar-refractivity contribution in [3.05, 3.63) is 0 Å². The summed E-state index contributed by atoms with van der Waals surface area (Å²) in [4.78, 5) is 32.7. The molecule has 0 rings (SSSR count). The molecule has 0 aromatic rings. The molecule has 0 aromatic heterocycles. The van der Waals surface area contributed by atoms with E-state index < -0.39 is 0 Å². The maximum absolute atomic E-state index is 11.3. The Labute approximate surface area is 90.4 Å². The fourth-order valence-electron chi connectivity index (χ4n) is 1.06. The summed E-state index contributed by atoms with van der Waals surface area (Å²) in [6, 6.07) is 0. The van der Waals surface area contributed by atoms with Crippen LogP contribution in [0.1, 0.15) is 40.0 Å². The highest BCUT2D eigenvalue weighted by atomic mass is 16.2. The number of nitrogens with one attached hydrogen (secondary N) is 1. The highest BCUT2D eigenvalue weighted by Crippen LogP contribution is 2.02. The number of amides is 1. The highest BCUT2D eigenvalue weighted by Gasteiger charge is 2.12. The number of hydrogen-bond donors (Lipinski definition) is 1. The van der Waals surface area contributed by atoms with Gasteiger partial charge in [0.2, 0.25) is 5.91 Å². The molecule has 86 valence electrons. The minimum absolute atomic E-state index is 0.0221. The lowest BCUT2D eigenvalue weighted by Gasteiger charge is -2.07. The van der Waals surface area contributed by atoms with Gasteiger partial charge in [-0.25, -0.2) is 0 Å². The van der Waals surface area contributed by atoms with Crippen LogP contribution in [0.5, 0.6) is 0 Å². The van der Waals surface area contributed by atoms with Crippen LogP contribution >= 0.6 is 0 Å². The van der Waals surface area contributed by atoms with Crippen LogP contribution in [0.3, 0.4) is 0 Å². The molecule has 0 saturated heterocycles. The van der Waals surface area contributed by atoms with E-state index in [0.29, 0.717) is 19.4 Å². The summed E-state index contributed by atoms with van der Waals surface area (Å²) in [5, 5.41) is 2.68. The van der Waals surface area contributed by atoms with E-state index >= 15 is 0 Å². The van der Waals surface area contributed by atoms with Gasteiger partial charge >= 0.3 is 0 Å². The summed E-state index contributed by atoms with van der Waals surface area (Å²) in [5.74, 6) is -0.200. The van der Waals surface area contributed by atoms with Gasteiger partial charge in [-0.05, 0) is 20.3 Å². The van der Waals surface area contributed by atoms with Gasteiger partial charge < -0.3 is 10.1 Å². The molecule has 0 heterocycles. The maximum Gasteiger partial charge on any atom is 0.220 e. The summed E-state index contributed by atoms with van der Waals surface area (Å²) in [6.07, 6.45) is 1.38. The van der Waals surface area contributed by atoms with Crippen molar-refractivity contribution in [3.8, 4) is 0 Å². The third-order valence-corrected chi connectivity index (χ3v) is 2.21. The second kappa shape index (κ2) is 7.15. The molecule has 1 N–H and O–H groups in total. The zero-order valence-corrected chi connectivity index (χ0v) is 9.63. The molecule has 4 nitrogen and oxygen atoms in total. The first-order valence-corrected chi connectivity index (χ1v) is 5.20. The maximum atomic E-state index is 11.3. The Kier molecular flexibility index (Phi) is 6.58. The molecule has 1 atom stereocenters. The van der Waals surface area contributed by atoms with Crippen molar-refractivity contribution in [3.63, 3.8) is 0 Å². The molecule has 0 spiro atoms. The molecule has 15 heavy (non-hydrogen) atoms. The van der Waals surface area contributed by atoms with Crippen LogP contribution < -0.4 is 5.32 Å². The normalized spacial score (nSPS) is 11.9. The molecule has 0 aliphatic heterocycles. The minimum Gasteiger partial charge on any atom is -0.356 e. The first-order chi connectivity index (χ1) is 6.93. The van der Waals surface area contributed by atoms with E-state index in [1.807, 2.05) is 0 Å². The molecule has 0 aromatic carbocycles. The summed E-state index contributed by atoms with van der Waals surface area (Å²) in [7, 11) is 0. The second-order valence-electron chi connectivity index (χ2n) is 3.87. The zero-order chi connectivity index (χ0) is 11.8. The summed E-state index contributed by atoms with van der Waals surface area (Å²) in [6.45, 7) is 5.24. The lowest BCUT2D eigenvalue weighted by Crippen LogP contribution is -2.27. The topological polar surface area (TPSA) is 63.2 Å². The van der Waals surface area contributed by atoms with Gasteiger partial charge in [0.25, 0.3) is 0 Å². The average Bonchev–Trinajstić information content (AvgIpc) is 2.12. The van der Waals surface area contributed by atoms with Crippen LogP contribution in [0, 0.1) is 5.92 Å². The van der Waals surface area contributed by atoms with Crippen molar-refractivity contribution in [1.82, 2.24) is 5.32 Å². The van der Waals surface area contributed by atoms with Crippen molar-refractivity contribution in [1.29, 1.82) is 0 Å². The fraction of sp³-hybridized carbons (Fsp3) is 0.727. The Hall–Kier alpha value is -1.19. The minimum atomic E-state index is -0.224. The Bertz CT molecular complexity index is 248. The largest absolute Gasteiger partial charge is 0.356 e. The van der Waals surface area contributed by atoms with E-state index in [2.05, 4.69) is 5.32 Å². The van der Waals surface area contributed by atoms with Crippen molar-refractivity contribution in [2.45, 2.75) is 40.0 Å². The van der Waals surface area contributed by atoms with Gasteiger partial charge in [-0.3, -0.25) is 9.59 Å². The average molecular weight is 213 g/mol. The smallest absolute Gasteiger partial charge is 0.220 e. The van der Waals surface area contributed by atoms with Crippen LogP contribution in [0.15, 0.2) is 0 Å². The second-order valence-corrected chi connectivity index (χ2v) is 3.87. The van der Waals surface area contributed by atoms with E-state index in [4.69, 9.17) is 0 Å². The van der Waals surface area contributed by atoms with Gasteiger partial charge in [-0.2, -0.15) is 0 Å². The van der Waals surface area contributed by atoms with Gasteiger partial charge in [-0.1, -0.05) is 6.92 Å². The number of hydrogen-bond acceptors (Lipinski definition) is 3. The zero-order valence-electron chi connectivity index (χ0n) is 9.63. The summed E-state index contributed by atoms with van der Waals surface area (Å²) >= 11 is 0. The molecular formula is C11H19NO3. The molecule has 0 aliphatic carbocycles. The molecule has 0 aliphatic rings. The van der Waals surface area contributed by atoms with E-state index in [1.54, 1.807) is 6.92 Å². The molecule has 4 heteroatoms. The van der Waals surface area contributed by atoms with Gasteiger partial charge in [0, 0.05) is 25.3 Å². The van der Waals surface area contributed by atoms with Crippen LogP contribution in [0.4, 0.5) is 0 Å². The van der Waals surface area contributed by atoms with Gasteiger partial charge in [0.1, 0.15) is 11.6 Å². The number of carbonyl (C=O) groups excluding carboxylic acids is 3. The van der Waals surface area contributed by atoms with E-state index in [-0.39, 0.29) is 29.8 Å². The van der Waals surface area contributed by atoms with Crippen molar-refractivity contribution in [2.75, 3.05) is 6.54 Å². The Morgan fingerprint density at radius 3 is 2.27 bits per heavy atom. The lowest BCUT2D eigenvalue weighted by molar-refractivity contribution is -0.127. The van der Waals surface area contributed by atoms with Crippen LogP contribution in [-0.2, 0) is 14.4 Å². The first kappa shape index (κ1) is 13.8. The molecule has 1 unspecified atom stereocenters. The number of Topliss-reactive ketones (excluding diaryl/α,β-unsaturated/α-hetero) is 2. The van der Waals surface area contributed by atoms with Crippen LogP contribution in [0.2, 0.25) is 0 Å². The monoisotopic (exact) mass is 213 g/mol. The summed E-state index contributed by atoms with van der Waals surface area (Å²) in [5.41, 5.74) is 0. The number of carbonyl (C=O) groups is 3. The summed E-state index contributed by atoms with van der Waals surface area (Å²) < 4.78 is 0. The van der Waals surface area contributed by atoms with Gasteiger partial charge in [-0.15, -0.1) is 0 Å². The number of ketones is 2. The molecule has 0 radical (unpaired) electrons. The van der Waals surface area contributed by atoms with E-state index in [0.717, 1.165) is 0 Å². The van der Waals surface area contributed by atoms with Crippen LogP contribution in [-0.4, -0.2) is 24.0 Å². The lowest BCUT2D eigenvalue weighted by atomic mass is 10.0. The fourth-order valence-corrected chi connectivity index (χ4v) is 1.06. The van der Waals surface area contributed by atoms with Crippen molar-refractivity contribution in [2.24, 2.45) is 5.92 Å². The molecule has 0 saturated carbocycles. The standard InChI is InChI=1S/C11H19NO3/c1-8(10(3)14)7-11(15)12-6-4-5-9(2)13/h8H,4-7H2,1-3H3,(H,12,15). The Morgan fingerprint density at radius 1 is 1.20 bits per heavy atom. The van der Waals surface area contributed by atoms with Crippen molar-refractivity contribution >= 4 is 17.5 Å². The molecule has 0 bridgehead atoms. The third-order valence-electron chi connectivity index (χ3n) is 2.21. The van der Waals surface area contributed by atoms with E-state index in [1.165, 1.54) is 13.8 Å². The predicted octanol–water partition coefficient (Wildman–Crippen LogP) is 1.09. The first-order valence-electron chi connectivity index (χ1n) is 5.20. The van der Waals surface area contributed by atoms with Crippen molar-refractivity contribution < 1.29 is 14.4 Å². The Morgan fingerprint density at radius 2 is 1.80 bits per heavy atom. The quantitative estimate of drug-likeness (QED) is 0.644. The van der Waals surface area contributed by atoms with Crippen LogP contribution in [0.25, 0.3) is 0 Å². The Balaban J connectivity index is 3.58. The van der Waals surface area contributed by atoms with E-state index in [9.17, 15) is 14.4 Å². The third kappa shape index (κ3) is 7.85. The highest BCUT2D eigenvalue weighted by molar-refractivity contribution is 5.85. The SMILES string of the molecule is CC(=O)CCCNC(=O)CC(C)C(C)=O. The van der Waals surface area contributed by atoms with Gasteiger partial charge in [0.05, 0.1) is 0 Å². The van der Waals surface area contributed by atoms with Gasteiger partial charge in [0.15, 0.2) is 0 Å².